The van der Waals surface area contributed by atoms with Gasteiger partial charge in [-0.05, 0) is 69.7 Å². The average molecular weight is 560 g/mol. The van der Waals surface area contributed by atoms with Crippen LogP contribution in [0.1, 0.15) is 55.3 Å². The molecule has 3 rings (SSSR count). The number of aromatic nitrogens is 2. The molecule has 1 aliphatic rings. The topological polar surface area (TPSA) is 126 Å². The molecule has 3 atom stereocenters. The SMILES string of the molecule is COc1ncccc1C(C)C(=O)NC(CCN(CCCCc1ccc2c(n1)NCCC2)CC(CF)OC)C(=O)O. The van der Waals surface area contributed by atoms with Crippen molar-refractivity contribution in [1.82, 2.24) is 20.2 Å². The Balaban J connectivity index is 1.55. The van der Waals surface area contributed by atoms with E-state index in [1.165, 1.54) is 19.8 Å². The molecule has 1 amide bonds. The van der Waals surface area contributed by atoms with E-state index in [9.17, 15) is 19.1 Å². The number of amides is 1. The van der Waals surface area contributed by atoms with Gasteiger partial charge in [-0.3, -0.25) is 4.79 Å². The first-order valence-corrected chi connectivity index (χ1v) is 13.9. The number of unbranched alkanes of at least 4 members (excludes halogenated alkanes) is 1. The molecule has 0 saturated heterocycles. The molecule has 0 spiro atoms. The minimum absolute atomic E-state index is 0.165. The zero-order chi connectivity index (χ0) is 28.9. The summed E-state index contributed by atoms with van der Waals surface area (Å²) in [5.74, 6) is -0.912. The summed E-state index contributed by atoms with van der Waals surface area (Å²) in [5, 5.41) is 15.8. The van der Waals surface area contributed by atoms with E-state index in [2.05, 4.69) is 27.8 Å². The maximum atomic E-state index is 13.4. The molecule has 3 heterocycles. The number of carboxylic acid groups (broad SMARTS) is 1. The lowest BCUT2D eigenvalue weighted by molar-refractivity contribution is -0.142. The Morgan fingerprint density at radius 2 is 2.05 bits per heavy atom. The minimum Gasteiger partial charge on any atom is -0.481 e. The molecule has 2 aromatic heterocycles. The summed E-state index contributed by atoms with van der Waals surface area (Å²) in [7, 11) is 2.93. The molecule has 0 fully saturated rings. The zero-order valence-corrected chi connectivity index (χ0v) is 23.7. The number of nitrogens with one attached hydrogen (secondary N) is 2. The van der Waals surface area contributed by atoms with Crippen molar-refractivity contribution >= 4 is 17.7 Å². The van der Waals surface area contributed by atoms with Gasteiger partial charge in [0.15, 0.2) is 0 Å². The summed E-state index contributed by atoms with van der Waals surface area (Å²) in [4.78, 5) is 35.8. The van der Waals surface area contributed by atoms with Gasteiger partial charge in [-0.15, -0.1) is 0 Å². The molecular formula is C29H42FN5O5. The molecule has 0 radical (unpaired) electrons. The number of carboxylic acids is 1. The predicted molar refractivity (Wildman–Crippen MR) is 151 cm³/mol. The minimum atomic E-state index is -1.13. The number of aliphatic carboxylic acids is 1. The highest BCUT2D eigenvalue weighted by Crippen LogP contribution is 2.24. The number of fused-ring (bicyclic) bond motifs is 1. The number of alkyl halides is 1. The van der Waals surface area contributed by atoms with E-state index in [0.717, 1.165) is 50.2 Å². The van der Waals surface area contributed by atoms with Crippen LogP contribution in [0.3, 0.4) is 0 Å². The number of pyridine rings is 2. The van der Waals surface area contributed by atoms with Gasteiger partial charge in [0, 0.05) is 44.2 Å². The van der Waals surface area contributed by atoms with Crippen molar-refractivity contribution in [2.45, 2.75) is 63.5 Å². The fourth-order valence-electron chi connectivity index (χ4n) is 4.83. The molecule has 0 aliphatic carbocycles. The average Bonchev–Trinajstić information content (AvgIpc) is 2.98. The van der Waals surface area contributed by atoms with Gasteiger partial charge in [-0.1, -0.05) is 12.1 Å². The summed E-state index contributed by atoms with van der Waals surface area (Å²) >= 11 is 0. The number of aryl methyl sites for hydroxylation is 2. The van der Waals surface area contributed by atoms with Crippen molar-refractivity contribution in [1.29, 1.82) is 0 Å². The molecule has 1 aliphatic heterocycles. The molecule has 220 valence electrons. The van der Waals surface area contributed by atoms with Crippen molar-refractivity contribution in [2.75, 3.05) is 52.4 Å². The molecule has 3 unspecified atom stereocenters. The molecule has 10 nitrogen and oxygen atoms in total. The maximum absolute atomic E-state index is 13.4. The number of hydrogen-bond acceptors (Lipinski definition) is 8. The van der Waals surface area contributed by atoms with Crippen LogP contribution in [0, 0.1) is 0 Å². The van der Waals surface area contributed by atoms with Crippen LogP contribution >= 0.6 is 0 Å². The first-order chi connectivity index (χ1) is 19.4. The molecule has 3 N–H and O–H groups in total. The van der Waals surface area contributed by atoms with Gasteiger partial charge in [-0.25, -0.2) is 19.2 Å². The van der Waals surface area contributed by atoms with Crippen LogP contribution in [0.5, 0.6) is 5.88 Å². The van der Waals surface area contributed by atoms with Gasteiger partial charge >= 0.3 is 5.97 Å². The first-order valence-electron chi connectivity index (χ1n) is 13.9. The second-order valence-electron chi connectivity index (χ2n) is 10.1. The Hall–Kier alpha value is -3.31. The van der Waals surface area contributed by atoms with Gasteiger partial charge in [0.2, 0.25) is 11.8 Å². The summed E-state index contributed by atoms with van der Waals surface area (Å²) in [6, 6.07) is 6.55. The van der Waals surface area contributed by atoms with Crippen LogP contribution in [0.4, 0.5) is 10.2 Å². The number of carbonyl (C=O) groups is 2. The van der Waals surface area contributed by atoms with E-state index in [-0.39, 0.29) is 6.42 Å². The fourth-order valence-corrected chi connectivity index (χ4v) is 4.83. The molecular weight excluding hydrogens is 517 g/mol. The number of rotatable bonds is 17. The molecule has 0 aromatic carbocycles. The van der Waals surface area contributed by atoms with E-state index in [1.807, 2.05) is 4.90 Å². The normalized spacial score (nSPS) is 15.0. The van der Waals surface area contributed by atoms with Crippen LogP contribution in [0.15, 0.2) is 30.5 Å². The second-order valence-corrected chi connectivity index (χ2v) is 10.1. The number of ether oxygens (including phenoxy) is 2. The highest BCUT2D eigenvalue weighted by atomic mass is 19.1. The standard InChI is InChI=1S/C29H42FN5O5/c1-20(24-10-7-15-32-28(24)40-3)27(36)34-25(29(37)38)13-17-35(19-23(18-30)39-2)16-5-4-9-22-12-11-21-8-6-14-31-26(21)33-22/h7,10-12,15,20,23,25H,4-6,8-9,13-14,16-19H2,1-3H3,(H,31,33)(H,34,36)(H,37,38). The molecule has 11 heteroatoms. The number of carbonyl (C=O) groups excluding carboxylic acids is 1. The first kappa shape index (κ1) is 31.2. The second kappa shape index (κ2) is 16.1. The predicted octanol–water partition coefficient (Wildman–Crippen LogP) is 3.22. The van der Waals surface area contributed by atoms with Gasteiger partial charge in [0.25, 0.3) is 0 Å². The van der Waals surface area contributed by atoms with E-state index in [4.69, 9.17) is 14.5 Å². The van der Waals surface area contributed by atoms with Crippen LogP contribution < -0.4 is 15.4 Å². The lowest BCUT2D eigenvalue weighted by atomic mass is 10.0. The van der Waals surface area contributed by atoms with E-state index in [0.29, 0.717) is 31.1 Å². The highest BCUT2D eigenvalue weighted by molar-refractivity contribution is 5.88. The van der Waals surface area contributed by atoms with Gasteiger partial charge in [0.1, 0.15) is 18.5 Å². The Kier molecular flexibility index (Phi) is 12.5. The van der Waals surface area contributed by atoms with Crippen LogP contribution in [0.2, 0.25) is 0 Å². The van der Waals surface area contributed by atoms with Crippen molar-refractivity contribution in [3.05, 3.63) is 47.3 Å². The van der Waals surface area contributed by atoms with Gasteiger partial charge in [-0.2, -0.15) is 0 Å². The number of nitrogens with zero attached hydrogens (tertiary/aromatic N) is 3. The van der Waals surface area contributed by atoms with E-state index in [1.54, 1.807) is 25.3 Å². The number of anilines is 1. The van der Waals surface area contributed by atoms with Gasteiger partial charge < -0.3 is 30.1 Å². The summed E-state index contributed by atoms with van der Waals surface area (Å²) in [6.07, 6.45) is 5.83. The summed E-state index contributed by atoms with van der Waals surface area (Å²) < 4.78 is 23.9. The molecule has 40 heavy (non-hydrogen) atoms. The number of halogens is 1. The lowest BCUT2D eigenvalue weighted by Gasteiger charge is -2.27. The number of methoxy groups -OCH3 is 2. The Labute approximate surface area is 235 Å². The fraction of sp³-hybridized carbons (Fsp3) is 0.586. The quantitative estimate of drug-likeness (QED) is 0.251. The Morgan fingerprint density at radius 1 is 1.23 bits per heavy atom. The molecule has 0 bridgehead atoms. The van der Waals surface area contributed by atoms with Crippen molar-refractivity contribution in [2.24, 2.45) is 0 Å². The van der Waals surface area contributed by atoms with Gasteiger partial charge in [0.05, 0.1) is 19.1 Å². The summed E-state index contributed by atoms with van der Waals surface area (Å²) in [6.45, 7) is 3.33. The van der Waals surface area contributed by atoms with Crippen molar-refractivity contribution in [3.8, 4) is 5.88 Å². The van der Waals surface area contributed by atoms with Crippen LogP contribution in [-0.4, -0.2) is 91.1 Å². The largest absolute Gasteiger partial charge is 0.481 e. The highest BCUT2D eigenvalue weighted by Gasteiger charge is 2.26. The van der Waals surface area contributed by atoms with Crippen molar-refractivity contribution < 1.29 is 28.6 Å². The third-order valence-electron chi connectivity index (χ3n) is 7.28. The third-order valence-corrected chi connectivity index (χ3v) is 7.28. The van der Waals surface area contributed by atoms with Crippen molar-refractivity contribution in [3.63, 3.8) is 0 Å². The zero-order valence-electron chi connectivity index (χ0n) is 23.7. The number of hydrogen-bond donors (Lipinski definition) is 3. The van der Waals surface area contributed by atoms with E-state index < -0.39 is 36.6 Å². The molecule has 0 saturated carbocycles. The third kappa shape index (κ3) is 9.12. The smallest absolute Gasteiger partial charge is 0.326 e. The van der Waals surface area contributed by atoms with Crippen LogP contribution in [0.25, 0.3) is 0 Å². The lowest BCUT2D eigenvalue weighted by Crippen LogP contribution is -2.45. The molecule has 2 aromatic rings. The Morgan fingerprint density at radius 3 is 2.77 bits per heavy atom. The van der Waals surface area contributed by atoms with Crippen LogP contribution in [-0.2, 0) is 27.2 Å². The summed E-state index contributed by atoms with van der Waals surface area (Å²) in [5.41, 5.74) is 2.86. The van der Waals surface area contributed by atoms with E-state index >= 15 is 0 Å². The Bertz CT molecular complexity index is 1100. The maximum Gasteiger partial charge on any atom is 0.326 e. The monoisotopic (exact) mass is 559 g/mol.